The molecule has 2 aromatic rings. The molecule has 0 saturated heterocycles. The summed E-state index contributed by atoms with van der Waals surface area (Å²) in [6.45, 7) is 2.64. The average molecular weight is 304 g/mol. The summed E-state index contributed by atoms with van der Waals surface area (Å²) in [6, 6.07) is 10.7. The maximum Gasteiger partial charge on any atom is 0.311 e. The number of thioether (sulfide) groups is 1. The lowest BCUT2D eigenvalue weighted by atomic mass is 10.3. The highest BCUT2D eigenvalue weighted by Gasteiger charge is 2.17. The molecule has 110 valence electrons. The Morgan fingerprint density at radius 3 is 2.71 bits per heavy atom. The van der Waals surface area contributed by atoms with E-state index in [9.17, 15) is 10.1 Å². The molecule has 1 aromatic heterocycles. The molecule has 0 fully saturated rings. The van der Waals surface area contributed by atoms with Crippen LogP contribution < -0.4 is 10.6 Å². The first-order chi connectivity index (χ1) is 10.2. The monoisotopic (exact) mass is 304 g/mol. The van der Waals surface area contributed by atoms with Crippen LogP contribution in [0.25, 0.3) is 0 Å². The minimum atomic E-state index is -0.438. The first kappa shape index (κ1) is 15.1. The smallest absolute Gasteiger partial charge is 0.311 e. The van der Waals surface area contributed by atoms with Crippen LogP contribution in [-0.4, -0.2) is 22.7 Å². The lowest BCUT2D eigenvalue weighted by Gasteiger charge is -2.11. The Hall–Kier alpha value is -2.28. The van der Waals surface area contributed by atoms with E-state index in [1.54, 1.807) is 17.8 Å². The second-order valence-corrected chi connectivity index (χ2v) is 5.03. The number of nitrogens with one attached hydrogen (secondary N) is 2. The standard InChI is InChI=1S/C14H16N4O2S/c1-3-15-13-9-8-11(18(19)20)14(17-13)16-10-6-4-5-7-12(10)21-2/h4-9H,3H2,1-2H3,(H2,15,16,17). The zero-order chi connectivity index (χ0) is 15.2. The third kappa shape index (κ3) is 3.63. The second-order valence-electron chi connectivity index (χ2n) is 4.18. The highest BCUT2D eigenvalue weighted by molar-refractivity contribution is 7.98. The van der Waals surface area contributed by atoms with E-state index in [1.807, 2.05) is 37.4 Å². The van der Waals surface area contributed by atoms with Gasteiger partial charge in [-0.2, -0.15) is 0 Å². The van der Waals surface area contributed by atoms with Crippen LogP contribution in [0.1, 0.15) is 6.92 Å². The fourth-order valence-electron chi connectivity index (χ4n) is 1.85. The Morgan fingerprint density at radius 2 is 2.05 bits per heavy atom. The summed E-state index contributed by atoms with van der Waals surface area (Å²) >= 11 is 1.57. The molecule has 0 radical (unpaired) electrons. The lowest BCUT2D eigenvalue weighted by molar-refractivity contribution is -0.384. The average Bonchev–Trinajstić information content (AvgIpc) is 2.48. The zero-order valence-corrected chi connectivity index (χ0v) is 12.6. The number of aromatic nitrogens is 1. The molecule has 2 rings (SSSR count). The first-order valence-corrected chi connectivity index (χ1v) is 7.67. The number of rotatable bonds is 6. The zero-order valence-electron chi connectivity index (χ0n) is 11.8. The van der Waals surface area contributed by atoms with Gasteiger partial charge in [0.1, 0.15) is 5.82 Å². The number of hydrogen-bond acceptors (Lipinski definition) is 6. The Labute approximate surface area is 127 Å². The Balaban J connectivity index is 2.40. The SMILES string of the molecule is CCNc1ccc([N+](=O)[O-])c(Nc2ccccc2SC)n1. The molecule has 2 N–H and O–H groups in total. The van der Waals surface area contributed by atoms with E-state index in [0.717, 1.165) is 10.6 Å². The van der Waals surface area contributed by atoms with Gasteiger partial charge in [-0.05, 0) is 31.4 Å². The van der Waals surface area contributed by atoms with Crippen molar-refractivity contribution in [3.05, 3.63) is 46.5 Å². The Bertz CT molecular complexity index is 649. The predicted octanol–water partition coefficient (Wildman–Crippen LogP) is 3.89. The van der Waals surface area contributed by atoms with Crippen LogP contribution in [0.15, 0.2) is 41.3 Å². The Morgan fingerprint density at radius 1 is 1.29 bits per heavy atom. The summed E-state index contributed by atoms with van der Waals surface area (Å²) in [5, 5.41) is 17.2. The summed E-state index contributed by atoms with van der Waals surface area (Å²) in [5.41, 5.74) is 0.752. The van der Waals surface area contributed by atoms with Crippen LogP contribution in [0.3, 0.4) is 0 Å². The van der Waals surface area contributed by atoms with E-state index in [2.05, 4.69) is 15.6 Å². The van der Waals surface area contributed by atoms with Crippen molar-refractivity contribution in [2.75, 3.05) is 23.4 Å². The van der Waals surface area contributed by atoms with Crippen molar-refractivity contribution < 1.29 is 4.92 Å². The predicted molar refractivity (Wildman–Crippen MR) is 86.6 cm³/mol. The van der Waals surface area contributed by atoms with Gasteiger partial charge >= 0.3 is 5.69 Å². The first-order valence-electron chi connectivity index (χ1n) is 6.45. The molecule has 0 spiro atoms. The molecule has 7 heteroatoms. The fraction of sp³-hybridized carbons (Fsp3) is 0.214. The molecular weight excluding hydrogens is 288 g/mol. The van der Waals surface area contributed by atoms with E-state index < -0.39 is 4.92 Å². The molecule has 0 aliphatic rings. The van der Waals surface area contributed by atoms with Gasteiger partial charge in [-0.1, -0.05) is 12.1 Å². The minimum Gasteiger partial charge on any atom is -0.370 e. The van der Waals surface area contributed by atoms with E-state index in [-0.39, 0.29) is 11.5 Å². The maximum atomic E-state index is 11.1. The van der Waals surface area contributed by atoms with Crippen LogP contribution in [0.5, 0.6) is 0 Å². The van der Waals surface area contributed by atoms with Gasteiger partial charge in [-0.25, -0.2) is 4.98 Å². The quantitative estimate of drug-likeness (QED) is 0.479. The molecule has 0 bridgehead atoms. The van der Waals surface area contributed by atoms with Gasteiger partial charge in [0.25, 0.3) is 0 Å². The lowest BCUT2D eigenvalue weighted by Crippen LogP contribution is -2.04. The van der Waals surface area contributed by atoms with E-state index >= 15 is 0 Å². The molecule has 1 aromatic carbocycles. The van der Waals surface area contributed by atoms with E-state index in [1.165, 1.54) is 6.07 Å². The topological polar surface area (TPSA) is 80.1 Å². The fourth-order valence-corrected chi connectivity index (χ4v) is 2.40. The van der Waals surface area contributed by atoms with Gasteiger partial charge in [0.2, 0.25) is 5.82 Å². The summed E-state index contributed by atoms with van der Waals surface area (Å²) in [4.78, 5) is 16.0. The molecule has 0 atom stereocenters. The van der Waals surface area contributed by atoms with Crippen molar-refractivity contribution in [3.63, 3.8) is 0 Å². The third-order valence-electron chi connectivity index (χ3n) is 2.79. The van der Waals surface area contributed by atoms with Crippen molar-refractivity contribution in [2.45, 2.75) is 11.8 Å². The second kappa shape index (κ2) is 6.94. The maximum absolute atomic E-state index is 11.1. The van der Waals surface area contributed by atoms with E-state index in [4.69, 9.17) is 0 Å². The van der Waals surface area contributed by atoms with Crippen LogP contribution in [-0.2, 0) is 0 Å². The highest BCUT2D eigenvalue weighted by Crippen LogP contribution is 2.31. The van der Waals surface area contributed by atoms with Crippen molar-refractivity contribution >= 4 is 34.8 Å². The van der Waals surface area contributed by atoms with E-state index in [0.29, 0.717) is 12.4 Å². The number of hydrogen-bond donors (Lipinski definition) is 2. The summed E-state index contributed by atoms with van der Waals surface area (Å²) in [6.07, 6.45) is 1.96. The molecule has 0 unspecified atom stereocenters. The summed E-state index contributed by atoms with van der Waals surface area (Å²) < 4.78 is 0. The molecule has 1 heterocycles. The van der Waals surface area contributed by atoms with Crippen LogP contribution in [0.2, 0.25) is 0 Å². The van der Waals surface area contributed by atoms with Crippen LogP contribution in [0, 0.1) is 10.1 Å². The number of anilines is 3. The minimum absolute atomic E-state index is 0.0486. The van der Waals surface area contributed by atoms with Gasteiger partial charge in [0.15, 0.2) is 0 Å². The highest BCUT2D eigenvalue weighted by atomic mass is 32.2. The molecule has 6 nitrogen and oxygen atoms in total. The van der Waals surface area contributed by atoms with Gasteiger partial charge in [0, 0.05) is 17.5 Å². The van der Waals surface area contributed by atoms with Crippen LogP contribution in [0.4, 0.5) is 23.0 Å². The molecule has 0 aliphatic heterocycles. The molecule has 0 saturated carbocycles. The number of nitrogens with zero attached hydrogens (tertiary/aromatic N) is 2. The van der Waals surface area contributed by atoms with Crippen molar-refractivity contribution in [3.8, 4) is 0 Å². The van der Waals surface area contributed by atoms with Crippen molar-refractivity contribution in [1.82, 2.24) is 4.98 Å². The van der Waals surface area contributed by atoms with Gasteiger partial charge in [-0.15, -0.1) is 11.8 Å². The third-order valence-corrected chi connectivity index (χ3v) is 3.58. The van der Waals surface area contributed by atoms with Gasteiger partial charge < -0.3 is 10.6 Å². The van der Waals surface area contributed by atoms with Crippen molar-refractivity contribution in [1.29, 1.82) is 0 Å². The number of pyridine rings is 1. The van der Waals surface area contributed by atoms with Gasteiger partial charge in [-0.3, -0.25) is 10.1 Å². The molecule has 0 aliphatic carbocycles. The number of nitro groups is 1. The summed E-state index contributed by atoms with van der Waals surface area (Å²) in [5.74, 6) is 0.840. The molecule has 21 heavy (non-hydrogen) atoms. The molecular formula is C14H16N4O2S. The Kier molecular flexibility index (Phi) is 4.99. The number of benzene rings is 1. The number of para-hydroxylation sites is 1. The van der Waals surface area contributed by atoms with Crippen molar-refractivity contribution in [2.24, 2.45) is 0 Å². The normalized spacial score (nSPS) is 10.2. The molecule has 0 amide bonds. The van der Waals surface area contributed by atoms with Gasteiger partial charge in [0.05, 0.1) is 10.6 Å². The largest absolute Gasteiger partial charge is 0.370 e. The summed E-state index contributed by atoms with van der Waals surface area (Å²) in [7, 11) is 0. The van der Waals surface area contributed by atoms with Crippen LogP contribution >= 0.6 is 11.8 Å².